The molecule has 0 saturated heterocycles. The van der Waals surface area contributed by atoms with Crippen molar-refractivity contribution in [2.75, 3.05) is 0 Å². The summed E-state index contributed by atoms with van der Waals surface area (Å²) >= 11 is 0. The predicted octanol–water partition coefficient (Wildman–Crippen LogP) is 33.0. The van der Waals surface area contributed by atoms with Crippen molar-refractivity contribution in [1.82, 2.24) is 0 Å². The van der Waals surface area contributed by atoms with Crippen LogP contribution < -0.4 is 20.7 Å². The van der Waals surface area contributed by atoms with Crippen molar-refractivity contribution >= 4 is 53.0 Å². The lowest BCUT2D eigenvalue weighted by atomic mass is 9.97. The van der Waals surface area contributed by atoms with Crippen molar-refractivity contribution in [1.29, 1.82) is 0 Å². The van der Waals surface area contributed by atoms with Crippen molar-refractivity contribution in [2.24, 2.45) is 0 Å². The van der Waals surface area contributed by atoms with E-state index in [-0.39, 0.29) is 0 Å². The number of hydrogen-bond donors (Lipinski definition) is 0. The Kier molecular flexibility index (Phi) is 35.7. The first kappa shape index (κ1) is 97.2. The molecule has 0 bridgehead atoms. The molecular formula is C121H138Si4. The van der Waals surface area contributed by atoms with E-state index in [9.17, 15) is 0 Å². The van der Waals surface area contributed by atoms with Gasteiger partial charge in [0.1, 0.15) is 0 Å². The molecule has 0 radical (unpaired) electrons. The molecule has 0 spiro atoms. The Balaban J connectivity index is 0.000000162. The van der Waals surface area contributed by atoms with Crippen LogP contribution in [0.3, 0.4) is 0 Å². The van der Waals surface area contributed by atoms with Crippen molar-refractivity contribution in [3.8, 4) is 89.0 Å². The number of benzene rings is 16. The topological polar surface area (TPSA) is 0 Å². The summed E-state index contributed by atoms with van der Waals surface area (Å²) in [6.07, 6.45) is 0. The van der Waals surface area contributed by atoms with Gasteiger partial charge in [0, 0.05) is 0 Å². The molecule has 0 heterocycles. The zero-order chi connectivity index (χ0) is 90.6. The first-order valence-corrected chi connectivity index (χ1v) is 58.6. The summed E-state index contributed by atoms with van der Waals surface area (Å²) in [4.78, 5) is 0. The minimum atomic E-state index is -1.24. The predicted molar refractivity (Wildman–Crippen MR) is 569 cm³/mol. The summed E-state index contributed by atoms with van der Waals surface area (Å²) < 4.78 is 0. The van der Waals surface area contributed by atoms with E-state index in [2.05, 4.69) is 539 Å². The van der Waals surface area contributed by atoms with Gasteiger partial charge in [0.2, 0.25) is 0 Å². The van der Waals surface area contributed by atoms with E-state index in [4.69, 9.17) is 0 Å². The van der Waals surface area contributed by atoms with E-state index in [0.29, 0.717) is 0 Å². The van der Waals surface area contributed by atoms with Gasteiger partial charge in [-0.2, -0.15) is 0 Å². The summed E-state index contributed by atoms with van der Waals surface area (Å²) in [6, 6.07) is 137. The first-order chi connectivity index (χ1) is 59.4. The van der Waals surface area contributed by atoms with Gasteiger partial charge in [-0.25, -0.2) is 0 Å². The Hall–Kier alpha value is -11.6. The third kappa shape index (κ3) is 30.4. The molecule has 16 aromatic carbocycles. The Morgan fingerprint density at radius 1 is 0.136 bits per heavy atom. The molecule has 16 aromatic rings. The average Bonchev–Trinajstić information content (AvgIpc) is 0.845. The molecule has 0 aliphatic rings. The largest absolute Gasteiger partial charge is 0.0779 e. The van der Waals surface area contributed by atoms with E-state index in [1.807, 2.05) is 12.1 Å². The molecule has 0 aliphatic carbocycles. The molecule has 0 N–H and O–H groups in total. The summed E-state index contributed by atoms with van der Waals surface area (Å²) in [7, 11) is -4.80. The molecule has 125 heavy (non-hydrogen) atoms. The molecule has 0 atom stereocenters. The molecule has 638 valence electrons. The molecule has 0 saturated carbocycles. The molecular weight excluding hydrogens is 1570 g/mol. The highest BCUT2D eigenvalue weighted by Gasteiger charge is 2.21. The molecule has 0 aromatic heterocycles. The average molecular weight is 1700 g/mol. The Morgan fingerprint density at radius 3 is 0.800 bits per heavy atom. The van der Waals surface area contributed by atoms with Crippen LogP contribution in [0.1, 0.15) is 72.3 Å². The van der Waals surface area contributed by atoms with Crippen molar-refractivity contribution in [3.63, 3.8) is 0 Å². The van der Waals surface area contributed by atoms with Gasteiger partial charge >= 0.3 is 0 Å². The van der Waals surface area contributed by atoms with Crippen LogP contribution in [0.15, 0.2) is 382 Å². The van der Waals surface area contributed by atoms with Crippen LogP contribution >= 0.6 is 0 Å². The number of aryl methyl sites for hydroxylation is 12. The fraction of sp³-hybridized carbons (Fsp3) is 0.207. The maximum atomic E-state index is 2.41. The van der Waals surface area contributed by atoms with Crippen LogP contribution in [0.4, 0.5) is 0 Å². The second-order valence-electron chi connectivity index (χ2n) is 37.9. The second-order valence-corrected chi connectivity index (χ2v) is 58.1. The lowest BCUT2D eigenvalue weighted by Gasteiger charge is -2.20. The Labute approximate surface area is 759 Å². The molecule has 0 aliphatic heterocycles. The van der Waals surface area contributed by atoms with Gasteiger partial charge in [0.25, 0.3) is 0 Å². The summed E-state index contributed by atoms with van der Waals surface area (Å²) in [5.74, 6) is 0. The van der Waals surface area contributed by atoms with Crippen molar-refractivity contribution in [3.05, 3.63) is 455 Å². The normalized spacial score (nSPS) is 10.9. The Bertz CT molecular complexity index is 5960. The lowest BCUT2D eigenvalue weighted by Crippen LogP contribution is -2.39. The molecule has 4 heteroatoms. The first-order valence-electron chi connectivity index (χ1n) is 44.6. The highest BCUT2D eigenvalue weighted by atomic mass is 28.3. The minimum Gasteiger partial charge on any atom is -0.0656 e. The molecule has 16 rings (SSSR count). The van der Waals surface area contributed by atoms with Crippen molar-refractivity contribution in [2.45, 2.75) is 169 Å². The SMILES string of the molecule is Cc1cc(-c2ccccc2)cc(C)c1C.Cc1cc(C)cc(-c2ccccc2)c1.Cc1ccc(-c2ccc([Si](C)(C)C)cc2)cc1.Cc1ccc(-c2ccccc2)cc1C.Cc1ccc(-c2ccccc2)cc1[Si](C)(C)C.Cc1ccc(C)c(-c2ccccc2)c1.Cc1ccc([Si](C)(C)C)cc1-c1ccccc1.Cc1cccc(-c2ccc([Si](C)(C)C)cc2)c1. The molecule has 0 unspecified atom stereocenters. The van der Waals surface area contributed by atoms with Crippen LogP contribution in [0.5, 0.6) is 0 Å². The van der Waals surface area contributed by atoms with Crippen LogP contribution in [-0.4, -0.2) is 32.3 Å². The zero-order valence-electron chi connectivity index (χ0n) is 79.9. The third-order valence-corrected chi connectivity index (χ3v) is 31.4. The van der Waals surface area contributed by atoms with Crippen LogP contribution in [0.25, 0.3) is 89.0 Å². The molecule has 0 fully saturated rings. The maximum absolute atomic E-state index is 2.41. The number of hydrogen-bond acceptors (Lipinski definition) is 0. The van der Waals surface area contributed by atoms with Crippen molar-refractivity contribution < 1.29 is 0 Å². The van der Waals surface area contributed by atoms with E-state index >= 15 is 0 Å². The van der Waals surface area contributed by atoms with Gasteiger partial charge in [-0.05, 0) is 218 Å². The third-order valence-electron chi connectivity index (χ3n) is 23.0. The fourth-order valence-electron chi connectivity index (χ4n) is 15.0. The number of rotatable bonds is 12. The van der Waals surface area contributed by atoms with Gasteiger partial charge in [0.05, 0.1) is 32.3 Å². The second kappa shape index (κ2) is 45.9. The van der Waals surface area contributed by atoms with E-state index in [0.717, 1.165) is 0 Å². The Morgan fingerprint density at radius 2 is 0.408 bits per heavy atom. The van der Waals surface area contributed by atoms with Crippen LogP contribution in [0, 0.1) is 90.0 Å². The van der Waals surface area contributed by atoms with Crippen LogP contribution in [0.2, 0.25) is 78.6 Å². The highest BCUT2D eigenvalue weighted by Crippen LogP contribution is 2.30. The summed E-state index contributed by atoms with van der Waals surface area (Å²) in [5.41, 5.74) is 38.6. The summed E-state index contributed by atoms with van der Waals surface area (Å²) in [5, 5.41) is 6.14. The summed E-state index contributed by atoms with van der Waals surface area (Å²) in [6.45, 7) is 56.8. The van der Waals surface area contributed by atoms with Gasteiger partial charge in [-0.1, -0.05) is 515 Å². The van der Waals surface area contributed by atoms with Crippen LogP contribution in [-0.2, 0) is 0 Å². The smallest absolute Gasteiger partial charge is 0.0656 e. The highest BCUT2D eigenvalue weighted by molar-refractivity contribution is 6.90. The fourth-order valence-corrected chi connectivity index (χ4v) is 20.3. The minimum absolute atomic E-state index is 1.17. The standard InChI is InChI=1S/4C16H20Si.C15H16.3C14H14/c1-13-5-7-14(8-6-13)15-9-11-16(12-10-15)17(2,3)4;1-13-6-5-7-15(12-13)14-8-10-16(11-9-14)17(2,3)4;1-13-10-11-15(17(2,3)4)12-16(13)14-8-6-5-7-9-14;1-13-10-11-15(12-16(13)17(2,3)4)14-8-6-5-7-9-14;1-11-9-15(10-12(2)13(11)3)14-7-5-4-6-8-14;1-11-8-12(2)10-14(9-11)13-6-4-3-5-7-13;1-11-8-9-14(10-12(11)2)13-6-4-3-5-7-13;1-11-8-9-12(2)14(10-11)13-6-4-3-5-7-13/h4*5-12H,1-4H3;4-10H,1-3H3;3*3-10H,1-2H3. The van der Waals surface area contributed by atoms with Gasteiger partial charge in [-0.3, -0.25) is 0 Å². The zero-order valence-corrected chi connectivity index (χ0v) is 83.9. The van der Waals surface area contributed by atoms with E-state index in [1.165, 1.54) is 177 Å². The lowest BCUT2D eigenvalue weighted by molar-refractivity contribution is 1.27. The molecule has 0 nitrogen and oxygen atoms in total. The maximum Gasteiger partial charge on any atom is 0.0779 e. The monoisotopic (exact) mass is 1700 g/mol. The quantitative estimate of drug-likeness (QED) is 0.107. The van der Waals surface area contributed by atoms with Gasteiger partial charge in [-0.15, -0.1) is 0 Å². The van der Waals surface area contributed by atoms with E-state index in [1.54, 1.807) is 5.19 Å². The van der Waals surface area contributed by atoms with E-state index < -0.39 is 32.3 Å². The van der Waals surface area contributed by atoms with Gasteiger partial charge < -0.3 is 0 Å². The van der Waals surface area contributed by atoms with Gasteiger partial charge in [0.15, 0.2) is 0 Å². The molecule has 0 amide bonds.